The van der Waals surface area contributed by atoms with Crippen molar-refractivity contribution in [2.45, 2.75) is 44.9 Å². The van der Waals surface area contributed by atoms with Gasteiger partial charge in [0.15, 0.2) is 0 Å². The highest BCUT2D eigenvalue weighted by atomic mass is 15.1. The Morgan fingerprint density at radius 2 is 1.65 bits per heavy atom. The Hall–Kier alpha value is -0.0800. The maximum absolute atomic E-state index is 3.48. The molecule has 0 aromatic rings. The number of nitrogens with zero attached hydrogens (tertiary/aromatic N) is 1. The van der Waals surface area contributed by atoms with Crippen molar-refractivity contribution in [3.05, 3.63) is 0 Å². The number of hydrogen-bond donors (Lipinski definition) is 1. The van der Waals surface area contributed by atoms with Crippen molar-refractivity contribution in [1.29, 1.82) is 0 Å². The summed E-state index contributed by atoms with van der Waals surface area (Å²) in [7, 11) is 0. The molecular weight excluding hydrogens is 208 g/mol. The van der Waals surface area contributed by atoms with Crippen LogP contribution in [-0.2, 0) is 0 Å². The van der Waals surface area contributed by atoms with E-state index in [4.69, 9.17) is 0 Å². The monoisotopic (exact) mass is 236 g/mol. The van der Waals surface area contributed by atoms with Crippen molar-refractivity contribution >= 4 is 0 Å². The fourth-order valence-electron chi connectivity index (χ4n) is 4.27. The van der Waals surface area contributed by atoms with Crippen molar-refractivity contribution in [3.63, 3.8) is 0 Å². The van der Waals surface area contributed by atoms with Crippen LogP contribution >= 0.6 is 0 Å². The van der Waals surface area contributed by atoms with Crippen LogP contribution < -0.4 is 5.32 Å². The van der Waals surface area contributed by atoms with Gasteiger partial charge in [0.25, 0.3) is 0 Å². The number of piperidine rings is 2. The lowest BCUT2D eigenvalue weighted by molar-refractivity contribution is 0.0714. The second-order valence-electron chi connectivity index (χ2n) is 6.55. The molecule has 1 saturated carbocycles. The molecule has 2 nitrogen and oxygen atoms in total. The lowest BCUT2D eigenvalue weighted by Crippen LogP contribution is -2.45. The molecule has 3 aliphatic rings. The first-order chi connectivity index (χ1) is 8.42. The van der Waals surface area contributed by atoms with Crippen LogP contribution in [0.15, 0.2) is 0 Å². The third-order valence-electron chi connectivity index (χ3n) is 5.35. The molecule has 1 aliphatic carbocycles. The molecule has 2 atom stereocenters. The quantitative estimate of drug-likeness (QED) is 0.792. The van der Waals surface area contributed by atoms with Gasteiger partial charge < -0.3 is 10.2 Å². The molecule has 2 heteroatoms. The van der Waals surface area contributed by atoms with Gasteiger partial charge in [-0.2, -0.15) is 0 Å². The largest absolute Gasteiger partial charge is 0.317 e. The molecule has 0 aromatic carbocycles. The molecule has 3 fully saturated rings. The second-order valence-corrected chi connectivity index (χ2v) is 6.55. The molecule has 17 heavy (non-hydrogen) atoms. The van der Waals surface area contributed by atoms with E-state index in [0.29, 0.717) is 0 Å². The highest BCUT2D eigenvalue weighted by Crippen LogP contribution is 2.36. The molecule has 98 valence electrons. The molecular formula is C15H28N2. The molecule has 0 unspecified atom stereocenters. The van der Waals surface area contributed by atoms with E-state index in [-0.39, 0.29) is 0 Å². The zero-order chi connectivity index (χ0) is 11.5. The van der Waals surface area contributed by atoms with Crippen molar-refractivity contribution in [2.75, 3.05) is 32.7 Å². The Morgan fingerprint density at radius 3 is 2.47 bits per heavy atom. The fraction of sp³-hybridized carbons (Fsp3) is 1.00. The normalized spacial score (nSPS) is 36.7. The van der Waals surface area contributed by atoms with Crippen LogP contribution in [0.2, 0.25) is 0 Å². The first kappa shape index (κ1) is 12.0. The molecule has 1 N–H and O–H groups in total. The third-order valence-corrected chi connectivity index (χ3v) is 5.35. The van der Waals surface area contributed by atoms with E-state index in [2.05, 4.69) is 10.2 Å². The number of nitrogens with one attached hydrogen (secondary N) is 1. The molecule has 2 heterocycles. The molecule has 0 bridgehead atoms. The minimum absolute atomic E-state index is 0.983. The summed E-state index contributed by atoms with van der Waals surface area (Å²) in [6, 6.07) is 0. The van der Waals surface area contributed by atoms with E-state index in [1.165, 1.54) is 77.7 Å². The maximum Gasteiger partial charge on any atom is 0.00124 e. The van der Waals surface area contributed by atoms with Gasteiger partial charge in [-0.15, -0.1) is 0 Å². The van der Waals surface area contributed by atoms with Crippen LogP contribution in [-0.4, -0.2) is 37.6 Å². The van der Waals surface area contributed by atoms with Gasteiger partial charge in [0.1, 0.15) is 0 Å². The van der Waals surface area contributed by atoms with Crippen molar-refractivity contribution < 1.29 is 0 Å². The number of fused-ring (bicyclic) bond motifs is 1. The average Bonchev–Trinajstić information content (AvgIpc) is 2.40. The highest BCUT2D eigenvalue weighted by molar-refractivity contribution is 4.84. The van der Waals surface area contributed by atoms with Crippen molar-refractivity contribution in [3.8, 4) is 0 Å². The fourth-order valence-corrected chi connectivity index (χ4v) is 4.27. The highest BCUT2D eigenvalue weighted by Gasteiger charge is 2.31. The Morgan fingerprint density at radius 1 is 0.882 bits per heavy atom. The summed E-state index contributed by atoms with van der Waals surface area (Å²) in [6.45, 7) is 6.72. The second kappa shape index (κ2) is 5.71. The average molecular weight is 236 g/mol. The smallest absolute Gasteiger partial charge is 0.00124 e. The van der Waals surface area contributed by atoms with E-state index >= 15 is 0 Å². The lowest BCUT2D eigenvalue weighted by Gasteiger charge is -2.42. The third kappa shape index (κ3) is 3.03. The SMILES string of the molecule is C1CC[C@H]2CN(CC3CCNCC3)CC[C@H]2C1. The zero-order valence-electron chi connectivity index (χ0n) is 11.2. The summed E-state index contributed by atoms with van der Waals surface area (Å²) in [5.41, 5.74) is 0. The van der Waals surface area contributed by atoms with Crippen LogP contribution in [0.3, 0.4) is 0 Å². The summed E-state index contributed by atoms with van der Waals surface area (Å²) < 4.78 is 0. The minimum Gasteiger partial charge on any atom is -0.317 e. The summed E-state index contributed by atoms with van der Waals surface area (Å²) in [4.78, 5) is 2.79. The van der Waals surface area contributed by atoms with Crippen LogP contribution in [0.4, 0.5) is 0 Å². The van der Waals surface area contributed by atoms with Gasteiger partial charge >= 0.3 is 0 Å². The summed E-state index contributed by atoms with van der Waals surface area (Å²) in [5.74, 6) is 3.13. The summed E-state index contributed by atoms with van der Waals surface area (Å²) in [5, 5.41) is 3.48. The predicted octanol–water partition coefficient (Wildman–Crippen LogP) is 2.50. The maximum atomic E-state index is 3.48. The van der Waals surface area contributed by atoms with Crippen molar-refractivity contribution in [1.82, 2.24) is 10.2 Å². The number of rotatable bonds is 2. The van der Waals surface area contributed by atoms with Crippen LogP contribution in [0.1, 0.15) is 44.9 Å². The summed E-state index contributed by atoms with van der Waals surface area (Å²) >= 11 is 0. The molecule has 2 saturated heterocycles. The summed E-state index contributed by atoms with van der Waals surface area (Å²) in [6.07, 6.45) is 10.4. The Kier molecular flexibility index (Phi) is 4.02. The van der Waals surface area contributed by atoms with Gasteiger partial charge in [-0.3, -0.25) is 0 Å². The Balaban J connectivity index is 1.48. The molecule has 0 amide bonds. The van der Waals surface area contributed by atoms with Crippen LogP contribution in [0, 0.1) is 17.8 Å². The number of hydrogen-bond acceptors (Lipinski definition) is 2. The van der Waals surface area contributed by atoms with Gasteiger partial charge in [0.2, 0.25) is 0 Å². The van der Waals surface area contributed by atoms with Gasteiger partial charge in [-0.25, -0.2) is 0 Å². The Bertz CT molecular complexity index is 233. The lowest BCUT2D eigenvalue weighted by atomic mass is 9.75. The van der Waals surface area contributed by atoms with Crippen LogP contribution in [0.25, 0.3) is 0 Å². The van der Waals surface area contributed by atoms with Gasteiger partial charge in [-0.05, 0) is 63.1 Å². The first-order valence-electron chi connectivity index (χ1n) is 7.85. The van der Waals surface area contributed by atoms with E-state index < -0.39 is 0 Å². The number of likely N-dealkylation sites (tertiary alicyclic amines) is 1. The standard InChI is InChI=1S/C15H28N2/c1-2-4-15-12-17(10-7-14(15)3-1)11-13-5-8-16-9-6-13/h13-16H,1-12H2/t14-,15+/m1/s1. The molecule has 0 aromatic heterocycles. The van der Waals surface area contributed by atoms with E-state index in [1.54, 1.807) is 0 Å². The van der Waals surface area contributed by atoms with Gasteiger partial charge in [0, 0.05) is 13.1 Å². The Labute approximate surface area is 106 Å². The molecule has 0 spiro atoms. The molecule has 0 radical (unpaired) electrons. The van der Waals surface area contributed by atoms with Crippen molar-refractivity contribution in [2.24, 2.45) is 17.8 Å². The van der Waals surface area contributed by atoms with Crippen LogP contribution in [0.5, 0.6) is 0 Å². The zero-order valence-corrected chi connectivity index (χ0v) is 11.2. The minimum atomic E-state index is 0.983. The van der Waals surface area contributed by atoms with E-state index in [9.17, 15) is 0 Å². The molecule has 2 aliphatic heterocycles. The first-order valence-corrected chi connectivity index (χ1v) is 7.85. The van der Waals surface area contributed by atoms with Gasteiger partial charge in [-0.1, -0.05) is 19.3 Å². The van der Waals surface area contributed by atoms with E-state index in [0.717, 1.165) is 17.8 Å². The van der Waals surface area contributed by atoms with E-state index in [1.807, 2.05) is 0 Å². The predicted molar refractivity (Wildman–Crippen MR) is 72.1 cm³/mol. The topological polar surface area (TPSA) is 15.3 Å². The molecule has 3 rings (SSSR count). The van der Waals surface area contributed by atoms with Gasteiger partial charge in [0.05, 0.1) is 0 Å².